The number of furan rings is 1. The number of H-pyrrole nitrogens is 1. The lowest BCUT2D eigenvalue weighted by atomic mass is 10.2. The van der Waals surface area contributed by atoms with E-state index in [1.807, 2.05) is 19.2 Å². The fraction of sp³-hybridized carbons (Fsp3) is 0.350. The smallest absolute Gasteiger partial charge is 0.216 e. The molecule has 7 nitrogen and oxygen atoms in total. The summed E-state index contributed by atoms with van der Waals surface area (Å²) in [4.78, 5) is 12.6. The number of hydrogen-bond donors (Lipinski definition) is 2. The number of hydrogen-bond acceptors (Lipinski definition) is 5. The minimum absolute atomic E-state index is 0.571. The summed E-state index contributed by atoms with van der Waals surface area (Å²) in [6.45, 7) is 4.30. The molecule has 0 saturated heterocycles. The van der Waals surface area contributed by atoms with Crippen molar-refractivity contribution >= 4 is 17.7 Å². The summed E-state index contributed by atoms with van der Waals surface area (Å²) in [6, 6.07) is 12.3. The first-order valence-corrected chi connectivity index (χ1v) is 10.5. The van der Waals surface area contributed by atoms with Crippen LogP contribution in [0.2, 0.25) is 0 Å². The maximum atomic E-state index is 5.32. The van der Waals surface area contributed by atoms with Crippen molar-refractivity contribution in [1.82, 2.24) is 25.4 Å². The molecule has 2 N–H and O–H groups in total. The van der Waals surface area contributed by atoms with E-state index in [1.54, 1.807) is 18.0 Å². The van der Waals surface area contributed by atoms with Crippen LogP contribution in [0.3, 0.4) is 0 Å². The SMILES string of the molecule is CCNC(=NCCc1nc(-c2ccco2)n[nH]1)N(C)Cc1ccc(SC)cc1. The molecule has 2 aromatic heterocycles. The molecular formula is C20H26N6OS. The zero-order chi connectivity index (χ0) is 19.8. The Morgan fingerprint density at radius 1 is 1.29 bits per heavy atom. The second-order valence-corrected chi connectivity index (χ2v) is 7.15. The molecule has 0 fully saturated rings. The number of thioether (sulfide) groups is 1. The molecule has 0 aliphatic carbocycles. The highest BCUT2D eigenvalue weighted by molar-refractivity contribution is 7.98. The van der Waals surface area contributed by atoms with Crippen LogP contribution >= 0.6 is 11.8 Å². The van der Waals surface area contributed by atoms with Crippen molar-refractivity contribution in [1.29, 1.82) is 0 Å². The third kappa shape index (κ3) is 5.39. The van der Waals surface area contributed by atoms with E-state index in [2.05, 4.69) is 62.8 Å². The molecule has 0 radical (unpaired) electrons. The van der Waals surface area contributed by atoms with Gasteiger partial charge in [-0.25, -0.2) is 4.98 Å². The normalized spacial score (nSPS) is 11.6. The van der Waals surface area contributed by atoms with E-state index in [0.717, 1.165) is 24.9 Å². The van der Waals surface area contributed by atoms with Gasteiger partial charge < -0.3 is 14.6 Å². The highest BCUT2D eigenvalue weighted by Crippen LogP contribution is 2.16. The number of aliphatic imine (C=N–C) groups is 1. The highest BCUT2D eigenvalue weighted by atomic mass is 32.2. The van der Waals surface area contributed by atoms with E-state index >= 15 is 0 Å². The summed E-state index contributed by atoms with van der Waals surface area (Å²) in [5, 5.41) is 10.5. The largest absolute Gasteiger partial charge is 0.461 e. The first-order valence-electron chi connectivity index (χ1n) is 9.27. The van der Waals surface area contributed by atoms with Crippen molar-refractivity contribution in [2.24, 2.45) is 4.99 Å². The first kappa shape index (κ1) is 20.0. The summed E-state index contributed by atoms with van der Waals surface area (Å²) >= 11 is 1.75. The monoisotopic (exact) mass is 398 g/mol. The van der Waals surface area contributed by atoms with Gasteiger partial charge in [-0.15, -0.1) is 11.8 Å². The molecule has 28 heavy (non-hydrogen) atoms. The Kier molecular flexibility index (Phi) is 7.13. The predicted octanol–water partition coefficient (Wildman–Crippen LogP) is 3.43. The number of nitrogens with one attached hydrogen (secondary N) is 2. The minimum Gasteiger partial charge on any atom is -0.461 e. The molecule has 0 saturated carbocycles. The number of rotatable bonds is 8. The molecule has 0 spiro atoms. The van der Waals surface area contributed by atoms with Crippen LogP contribution in [-0.4, -0.2) is 52.4 Å². The summed E-state index contributed by atoms with van der Waals surface area (Å²) < 4.78 is 5.32. The Morgan fingerprint density at radius 2 is 2.11 bits per heavy atom. The van der Waals surface area contributed by atoms with Crippen LogP contribution in [0.4, 0.5) is 0 Å². The maximum absolute atomic E-state index is 5.32. The van der Waals surface area contributed by atoms with Crippen molar-refractivity contribution in [2.45, 2.75) is 24.8 Å². The number of aromatic nitrogens is 3. The highest BCUT2D eigenvalue weighted by Gasteiger charge is 2.09. The van der Waals surface area contributed by atoms with Crippen LogP contribution in [0.15, 0.2) is 57.0 Å². The maximum Gasteiger partial charge on any atom is 0.216 e. The van der Waals surface area contributed by atoms with Gasteiger partial charge in [-0.3, -0.25) is 10.1 Å². The molecule has 0 atom stereocenters. The average molecular weight is 399 g/mol. The van der Waals surface area contributed by atoms with E-state index in [4.69, 9.17) is 9.41 Å². The third-order valence-corrected chi connectivity index (χ3v) is 4.90. The van der Waals surface area contributed by atoms with Gasteiger partial charge in [-0.2, -0.15) is 5.10 Å². The first-order chi connectivity index (χ1) is 13.7. The van der Waals surface area contributed by atoms with Crippen LogP contribution < -0.4 is 5.32 Å². The molecule has 0 aliphatic rings. The fourth-order valence-electron chi connectivity index (χ4n) is 2.74. The Balaban J connectivity index is 1.58. The van der Waals surface area contributed by atoms with Crippen molar-refractivity contribution in [2.75, 3.05) is 26.4 Å². The van der Waals surface area contributed by atoms with E-state index in [9.17, 15) is 0 Å². The Morgan fingerprint density at radius 3 is 2.79 bits per heavy atom. The van der Waals surface area contributed by atoms with Crippen LogP contribution in [0, 0.1) is 0 Å². The van der Waals surface area contributed by atoms with Gasteiger partial charge in [0.2, 0.25) is 5.82 Å². The van der Waals surface area contributed by atoms with Gasteiger partial charge in [0.15, 0.2) is 11.7 Å². The Hall–Kier alpha value is -2.74. The van der Waals surface area contributed by atoms with Crippen molar-refractivity contribution in [3.63, 3.8) is 0 Å². The van der Waals surface area contributed by atoms with Crippen molar-refractivity contribution in [3.05, 3.63) is 54.0 Å². The predicted molar refractivity (Wildman–Crippen MR) is 113 cm³/mol. The lowest BCUT2D eigenvalue weighted by Gasteiger charge is -2.22. The molecule has 148 valence electrons. The van der Waals surface area contributed by atoms with Crippen molar-refractivity contribution in [3.8, 4) is 11.6 Å². The summed E-state index contributed by atoms with van der Waals surface area (Å²) in [6.07, 6.45) is 4.38. The number of nitrogens with zero attached hydrogens (tertiary/aromatic N) is 4. The molecule has 0 unspecified atom stereocenters. The molecule has 0 aliphatic heterocycles. The van der Waals surface area contributed by atoms with E-state index in [0.29, 0.717) is 24.6 Å². The lowest BCUT2D eigenvalue weighted by Crippen LogP contribution is -2.38. The zero-order valence-corrected chi connectivity index (χ0v) is 17.3. The van der Waals surface area contributed by atoms with Crippen LogP contribution in [0.5, 0.6) is 0 Å². The van der Waals surface area contributed by atoms with Gasteiger partial charge in [0.05, 0.1) is 6.26 Å². The number of aromatic amines is 1. The van der Waals surface area contributed by atoms with E-state index < -0.39 is 0 Å². The number of guanidine groups is 1. The summed E-state index contributed by atoms with van der Waals surface area (Å²) in [5.74, 6) is 2.90. The van der Waals surface area contributed by atoms with Gasteiger partial charge in [0.25, 0.3) is 0 Å². The van der Waals surface area contributed by atoms with E-state index in [1.165, 1.54) is 10.5 Å². The standard InChI is InChI=1S/C20H26N6OS/c1-4-21-20(26(2)14-15-7-9-16(28-3)10-8-15)22-12-11-18-23-19(25-24-18)17-6-5-13-27-17/h5-10,13H,4,11-12,14H2,1-3H3,(H,21,22)(H,23,24,25). The molecule has 3 aromatic rings. The third-order valence-electron chi connectivity index (χ3n) is 4.16. The van der Waals surface area contributed by atoms with Gasteiger partial charge in [-0.1, -0.05) is 12.1 Å². The fourth-order valence-corrected chi connectivity index (χ4v) is 3.15. The Labute approximate surface area is 169 Å². The van der Waals surface area contributed by atoms with Gasteiger partial charge in [0, 0.05) is 38.0 Å². The second kappa shape index (κ2) is 9.98. The molecule has 0 bridgehead atoms. The average Bonchev–Trinajstić information content (AvgIpc) is 3.39. The molecule has 2 heterocycles. The lowest BCUT2D eigenvalue weighted by molar-refractivity contribution is 0.476. The van der Waals surface area contributed by atoms with Crippen LogP contribution in [0.25, 0.3) is 11.6 Å². The molecular weight excluding hydrogens is 372 g/mol. The number of benzene rings is 1. The van der Waals surface area contributed by atoms with Gasteiger partial charge in [0.1, 0.15) is 5.82 Å². The quantitative estimate of drug-likeness (QED) is 0.344. The molecule has 0 amide bonds. The van der Waals surface area contributed by atoms with Gasteiger partial charge >= 0.3 is 0 Å². The van der Waals surface area contributed by atoms with Crippen LogP contribution in [0.1, 0.15) is 18.3 Å². The van der Waals surface area contributed by atoms with Gasteiger partial charge in [-0.05, 0) is 43.0 Å². The Bertz CT molecular complexity index is 873. The zero-order valence-electron chi connectivity index (χ0n) is 16.5. The molecule has 3 rings (SSSR count). The minimum atomic E-state index is 0.571. The summed E-state index contributed by atoms with van der Waals surface area (Å²) in [7, 11) is 2.05. The second-order valence-electron chi connectivity index (χ2n) is 6.27. The summed E-state index contributed by atoms with van der Waals surface area (Å²) in [5.41, 5.74) is 1.25. The van der Waals surface area contributed by atoms with Crippen molar-refractivity contribution < 1.29 is 4.42 Å². The van der Waals surface area contributed by atoms with Crippen LogP contribution in [-0.2, 0) is 13.0 Å². The molecule has 8 heteroatoms. The topological polar surface area (TPSA) is 82.3 Å². The molecule has 1 aromatic carbocycles. The van der Waals surface area contributed by atoms with E-state index in [-0.39, 0.29) is 0 Å².